The molecule has 2 rings (SSSR count). The van der Waals surface area contributed by atoms with Crippen molar-refractivity contribution in [3.63, 3.8) is 0 Å². The molecule has 0 atom stereocenters. The van der Waals surface area contributed by atoms with E-state index in [0.717, 1.165) is 36.2 Å². The summed E-state index contributed by atoms with van der Waals surface area (Å²) in [4.78, 5) is 10.7. The second-order valence-electron chi connectivity index (χ2n) is 4.59. The molecule has 0 saturated carbocycles. The minimum atomic E-state index is 0.455. The van der Waals surface area contributed by atoms with Gasteiger partial charge in [0.1, 0.15) is 17.3 Å². The molecule has 1 aromatic heterocycles. The van der Waals surface area contributed by atoms with Crippen molar-refractivity contribution >= 4 is 33.3 Å². The van der Waals surface area contributed by atoms with E-state index in [1.165, 1.54) is 19.3 Å². The molecule has 6 heteroatoms. The summed E-state index contributed by atoms with van der Waals surface area (Å²) < 4.78 is 0.752. The predicted molar refractivity (Wildman–Crippen MR) is 78.1 cm³/mol. The van der Waals surface area contributed by atoms with Gasteiger partial charge < -0.3 is 10.2 Å². The molecule has 1 aliphatic heterocycles. The van der Waals surface area contributed by atoms with Gasteiger partial charge in [-0.05, 0) is 41.7 Å². The number of nitrogens with one attached hydrogen (secondary N) is 1. The molecule has 4 nitrogen and oxygen atoms in total. The quantitative estimate of drug-likeness (QED) is 0.859. The van der Waals surface area contributed by atoms with Gasteiger partial charge in [0.25, 0.3) is 0 Å². The Bertz CT molecular complexity index is 394. The summed E-state index contributed by atoms with van der Waals surface area (Å²) in [6.07, 6.45) is 5.01. The zero-order valence-electron chi connectivity index (χ0n) is 10.5. The third kappa shape index (κ3) is 3.56. The van der Waals surface area contributed by atoms with Crippen LogP contribution in [0.5, 0.6) is 0 Å². The van der Waals surface area contributed by atoms with Crippen LogP contribution in [-0.4, -0.2) is 40.5 Å². The Balaban J connectivity index is 1.90. The van der Waals surface area contributed by atoms with Crippen molar-refractivity contribution in [2.75, 3.05) is 25.0 Å². The van der Waals surface area contributed by atoms with E-state index in [2.05, 4.69) is 43.0 Å². The van der Waals surface area contributed by atoms with Crippen molar-refractivity contribution in [3.8, 4) is 0 Å². The summed E-state index contributed by atoms with van der Waals surface area (Å²) in [6.45, 7) is 5.74. The monoisotopic (exact) mass is 332 g/mol. The molecule has 100 valence electrons. The highest BCUT2D eigenvalue weighted by Gasteiger charge is 2.19. The van der Waals surface area contributed by atoms with Gasteiger partial charge in [0.15, 0.2) is 0 Å². The topological polar surface area (TPSA) is 41.0 Å². The maximum absolute atomic E-state index is 5.95. The number of nitrogens with zero attached hydrogens (tertiary/aromatic N) is 3. The number of rotatable bonds is 4. The van der Waals surface area contributed by atoms with Crippen molar-refractivity contribution in [1.29, 1.82) is 0 Å². The van der Waals surface area contributed by atoms with Gasteiger partial charge >= 0.3 is 0 Å². The van der Waals surface area contributed by atoms with Crippen LogP contribution >= 0.6 is 27.5 Å². The van der Waals surface area contributed by atoms with Crippen LogP contribution in [0.15, 0.2) is 10.8 Å². The number of aromatic nitrogens is 2. The number of hydrogen-bond donors (Lipinski definition) is 1. The zero-order chi connectivity index (χ0) is 13.0. The van der Waals surface area contributed by atoms with Crippen LogP contribution < -0.4 is 5.32 Å². The van der Waals surface area contributed by atoms with Crippen LogP contribution in [0.2, 0.25) is 5.15 Å². The summed E-state index contributed by atoms with van der Waals surface area (Å²) in [5.41, 5.74) is 0. The Hall–Kier alpha value is -0.390. The molecule has 0 bridgehead atoms. The van der Waals surface area contributed by atoms with Crippen LogP contribution in [0, 0.1) is 0 Å². The first-order valence-electron chi connectivity index (χ1n) is 6.35. The molecule has 2 heterocycles. The average molecular weight is 334 g/mol. The van der Waals surface area contributed by atoms with E-state index in [1.807, 2.05) is 0 Å². The van der Waals surface area contributed by atoms with Crippen LogP contribution in [0.1, 0.15) is 26.2 Å². The molecular weight excluding hydrogens is 316 g/mol. The number of halogens is 2. The Morgan fingerprint density at radius 1 is 1.44 bits per heavy atom. The maximum Gasteiger partial charge on any atom is 0.148 e. The van der Waals surface area contributed by atoms with Crippen molar-refractivity contribution in [2.45, 2.75) is 32.2 Å². The van der Waals surface area contributed by atoms with Crippen LogP contribution in [0.3, 0.4) is 0 Å². The average Bonchev–Trinajstić information content (AvgIpc) is 2.38. The fraction of sp³-hybridized carbons (Fsp3) is 0.667. The molecule has 0 radical (unpaired) electrons. The van der Waals surface area contributed by atoms with Crippen LogP contribution in [0.25, 0.3) is 0 Å². The molecule has 0 amide bonds. The van der Waals surface area contributed by atoms with Gasteiger partial charge in [0.2, 0.25) is 0 Å². The second kappa shape index (κ2) is 6.68. The Morgan fingerprint density at radius 3 is 2.83 bits per heavy atom. The number of piperidine rings is 1. The normalized spacial score (nSPS) is 17.9. The summed E-state index contributed by atoms with van der Waals surface area (Å²) in [5, 5.41) is 3.90. The van der Waals surface area contributed by atoms with E-state index in [-0.39, 0.29) is 0 Å². The van der Waals surface area contributed by atoms with Gasteiger partial charge in [-0.25, -0.2) is 9.97 Å². The maximum atomic E-state index is 5.95. The van der Waals surface area contributed by atoms with Crippen LogP contribution in [0.4, 0.5) is 5.82 Å². The van der Waals surface area contributed by atoms with Crippen molar-refractivity contribution in [2.24, 2.45) is 0 Å². The SMILES string of the molecule is CCCN1CCC(Nc2ncnc(Cl)c2Br)CC1. The van der Waals surface area contributed by atoms with E-state index >= 15 is 0 Å². The van der Waals surface area contributed by atoms with Gasteiger partial charge in [-0.2, -0.15) is 0 Å². The first kappa shape index (κ1) is 14.0. The number of hydrogen-bond acceptors (Lipinski definition) is 4. The smallest absolute Gasteiger partial charge is 0.148 e. The molecule has 1 N–H and O–H groups in total. The largest absolute Gasteiger partial charge is 0.366 e. The molecule has 0 spiro atoms. The Morgan fingerprint density at radius 2 is 2.17 bits per heavy atom. The summed E-state index contributed by atoms with van der Waals surface area (Å²) in [5.74, 6) is 0.795. The Kier molecular flexibility index (Phi) is 5.21. The lowest BCUT2D eigenvalue weighted by Crippen LogP contribution is -2.39. The Labute approximate surface area is 121 Å². The predicted octanol–water partition coefficient (Wildman–Crippen LogP) is 3.18. The third-order valence-corrected chi connectivity index (χ3v) is 4.48. The molecular formula is C12H18BrClN4. The highest BCUT2D eigenvalue weighted by atomic mass is 79.9. The lowest BCUT2D eigenvalue weighted by Gasteiger charge is -2.32. The van der Waals surface area contributed by atoms with E-state index in [9.17, 15) is 0 Å². The third-order valence-electron chi connectivity index (χ3n) is 3.22. The highest BCUT2D eigenvalue weighted by molar-refractivity contribution is 9.10. The van der Waals surface area contributed by atoms with Gasteiger partial charge in [-0.1, -0.05) is 18.5 Å². The molecule has 1 aliphatic rings. The van der Waals surface area contributed by atoms with E-state index in [0.29, 0.717) is 11.2 Å². The van der Waals surface area contributed by atoms with Crippen molar-refractivity contribution in [1.82, 2.24) is 14.9 Å². The molecule has 18 heavy (non-hydrogen) atoms. The first-order chi connectivity index (χ1) is 8.70. The molecule has 1 saturated heterocycles. The minimum absolute atomic E-state index is 0.455. The molecule has 0 unspecified atom stereocenters. The van der Waals surface area contributed by atoms with Gasteiger partial charge in [0.05, 0.1) is 4.47 Å². The number of likely N-dealkylation sites (tertiary alicyclic amines) is 1. The standard InChI is InChI=1S/C12H18BrClN4/c1-2-5-18-6-3-9(4-7-18)17-12-10(13)11(14)15-8-16-12/h8-9H,2-7H2,1H3,(H,15,16,17). The van der Waals surface area contributed by atoms with Crippen molar-refractivity contribution in [3.05, 3.63) is 16.0 Å². The highest BCUT2D eigenvalue weighted by Crippen LogP contribution is 2.27. The lowest BCUT2D eigenvalue weighted by atomic mass is 10.0. The lowest BCUT2D eigenvalue weighted by molar-refractivity contribution is 0.219. The molecule has 1 fully saturated rings. The molecule has 0 aromatic carbocycles. The van der Waals surface area contributed by atoms with Gasteiger partial charge in [0, 0.05) is 19.1 Å². The second-order valence-corrected chi connectivity index (χ2v) is 5.74. The fourth-order valence-electron chi connectivity index (χ4n) is 2.26. The van der Waals surface area contributed by atoms with Crippen molar-refractivity contribution < 1.29 is 0 Å². The molecule has 1 aromatic rings. The summed E-state index contributed by atoms with van der Waals surface area (Å²) in [7, 11) is 0. The fourth-order valence-corrected chi connectivity index (χ4v) is 2.71. The van der Waals surface area contributed by atoms with E-state index < -0.39 is 0 Å². The van der Waals surface area contributed by atoms with Gasteiger partial charge in [-0.15, -0.1) is 0 Å². The van der Waals surface area contributed by atoms with E-state index in [1.54, 1.807) is 0 Å². The molecule has 0 aliphatic carbocycles. The minimum Gasteiger partial charge on any atom is -0.366 e. The first-order valence-corrected chi connectivity index (χ1v) is 7.52. The van der Waals surface area contributed by atoms with E-state index in [4.69, 9.17) is 11.6 Å². The summed E-state index contributed by atoms with van der Waals surface area (Å²) >= 11 is 9.36. The summed E-state index contributed by atoms with van der Waals surface area (Å²) in [6, 6.07) is 0.473. The zero-order valence-corrected chi connectivity index (χ0v) is 12.8. The van der Waals surface area contributed by atoms with Gasteiger partial charge in [-0.3, -0.25) is 0 Å². The number of anilines is 1. The van der Waals surface area contributed by atoms with Crippen LogP contribution in [-0.2, 0) is 0 Å².